The number of unbranched alkanes of at least 4 members (excludes halogenated alkanes) is 4. The Bertz CT molecular complexity index is 1100. The third kappa shape index (κ3) is 7.14. The van der Waals surface area contributed by atoms with Gasteiger partial charge in [-0.25, -0.2) is 0 Å². The Hall–Kier alpha value is -1.83. The van der Waals surface area contributed by atoms with Crippen LogP contribution in [-0.4, -0.2) is 40.8 Å². The minimum absolute atomic E-state index is 0.581. The molecule has 3 aromatic rings. The van der Waals surface area contributed by atoms with Gasteiger partial charge in [-0.3, -0.25) is 0 Å². The number of hydrogen-bond acceptors (Lipinski definition) is 6. The van der Waals surface area contributed by atoms with Crippen LogP contribution >= 0.6 is 0 Å². The second-order valence-electron chi connectivity index (χ2n) is 10.2. The number of ether oxygens (including phenoxy) is 1. The summed E-state index contributed by atoms with van der Waals surface area (Å²) in [4.78, 5) is 0. The fraction of sp³-hybridized carbons (Fsp3) is 0.621. The summed E-state index contributed by atoms with van der Waals surface area (Å²) in [6.45, 7) is 11.0. The van der Waals surface area contributed by atoms with Gasteiger partial charge in [-0.1, -0.05) is 0 Å². The summed E-state index contributed by atoms with van der Waals surface area (Å²) in [6, 6.07) is 4.63. The number of aromatic nitrogens is 3. The average molecular weight is 602 g/mol. The van der Waals surface area contributed by atoms with Crippen molar-refractivity contribution in [3.8, 4) is 5.88 Å². The molecule has 3 rings (SSSR count). The van der Waals surface area contributed by atoms with Crippen LogP contribution in [0.1, 0.15) is 95.0 Å². The van der Waals surface area contributed by atoms with Crippen molar-refractivity contribution in [2.45, 2.75) is 106 Å². The number of nitrogens with zero attached hydrogens (tertiary/aromatic N) is 3. The van der Waals surface area contributed by atoms with E-state index in [2.05, 4.69) is 61.3 Å². The monoisotopic (exact) mass is 603 g/mol. The van der Waals surface area contributed by atoms with Crippen molar-refractivity contribution < 1.29 is 13.7 Å². The molecule has 0 bridgehead atoms. The molecular formula is C29H45N3O3Sn. The van der Waals surface area contributed by atoms with Crippen LogP contribution < -0.4 is 4.74 Å². The van der Waals surface area contributed by atoms with Crippen molar-refractivity contribution in [2.75, 3.05) is 7.11 Å². The summed E-state index contributed by atoms with van der Waals surface area (Å²) in [5.74, 6) is 1.96. The van der Waals surface area contributed by atoms with Crippen LogP contribution in [0.5, 0.6) is 5.88 Å². The van der Waals surface area contributed by atoms with Crippen molar-refractivity contribution in [3.05, 3.63) is 41.1 Å². The molecule has 198 valence electrons. The summed E-state index contributed by atoms with van der Waals surface area (Å²) in [5, 5.41) is 13.3. The van der Waals surface area contributed by atoms with Crippen LogP contribution in [0.3, 0.4) is 0 Å². The second kappa shape index (κ2) is 14.2. The number of hydrogen-bond donors (Lipinski definition) is 0. The Balaban J connectivity index is 2.07. The number of fused-ring (bicyclic) bond motifs is 1. The Morgan fingerprint density at radius 1 is 0.944 bits per heavy atom. The Morgan fingerprint density at radius 2 is 1.61 bits per heavy atom. The Kier molecular flexibility index (Phi) is 11.3. The molecule has 0 aliphatic heterocycles. The van der Waals surface area contributed by atoms with Crippen LogP contribution in [0.15, 0.2) is 27.1 Å². The fourth-order valence-corrected chi connectivity index (χ4v) is 22.5. The molecule has 1 aromatic carbocycles. The molecule has 0 atom stereocenters. The average Bonchev–Trinajstić information content (AvgIpc) is 3.50. The van der Waals surface area contributed by atoms with Gasteiger partial charge in [-0.15, -0.1) is 0 Å². The van der Waals surface area contributed by atoms with Gasteiger partial charge in [-0.2, -0.15) is 0 Å². The van der Waals surface area contributed by atoms with Crippen LogP contribution in [0, 0.1) is 13.8 Å². The second-order valence-corrected chi connectivity index (χ2v) is 23.3. The quantitative estimate of drug-likeness (QED) is 0.121. The third-order valence-electron chi connectivity index (χ3n) is 7.34. The zero-order chi connectivity index (χ0) is 26.0. The number of methoxy groups -OCH3 is 1. The molecule has 0 spiro atoms. The SMILES string of the molecule is CCC[CH2][Sn]([CH2]CCC)([CH2]CCC)/[C](=C/CCCc1nnc(C)o1)c1cc(C)c2onc(OC)c2c1. The molecule has 0 aliphatic carbocycles. The summed E-state index contributed by atoms with van der Waals surface area (Å²) in [7, 11) is 1.67. The van der Waals surface area contributed by atoms with E-state index in [0.717, 1.165) is 41.7 Å². The van der Waals surface area contributed by atoms with E-state index in [1.54, 1.807) is 10.7 Å². The molecule has 0 aliphatic rings. The third-order valence-corrected chi connectivity index (χ3v) is 23.2. The molecule has 6 nitrogen and oxygen atoms in total. The molecule has 0 unspecified atom stereocenters. The maximum atomic E-state index is 5.63. The zero-order valence-electron chi connectivity index (χ0n) is 23.3. The first-order valence-corrected chi connectivity index (χ1v) is 21.4. The molecule has 0 fully saturated rings. The molecule has 0 saturated heterocycles. The Morgan fingerprint density at radius 3 is 2.17 bits per heavy atom. The number of benzene rings is 1. The molecular weight excluding hydrogens is 557 g/mol. The van der Waals surface area contributed by atoms with Gasteiger partial charge in [0.15, 0.2) is 0 Å². The van der Waals surface area contributed by atoms with Crippen molar-refractivity contribution in [1.29, 1.82) is 0 Å². The van der Waals surface area contributed by atoms with Gasteiger partial charge in [0.2, 0.25) is 0 Å². The number of allylic oxidation sites excluding steroid dienone is 1. The van der Waals surface area contributed by atoms with E-state index in [4.69, 9.17) is 13.7 Å². The molecule has 0 N–H and O–H groups in total. The molecule has 0 radical (unpaired) electrons. The van der Waals surface area contributed by atoms with E-state index in [1.165, 1.54) is 57.4 Å². The van der Waals surface area contributed by atoms with E-state index in [0.29, 0.717) is 11.8 Å². The van der Waals surface area contributed by atoms with Gasteiger partial charge < -0.3 is 0 Å². The summed E-state index contributed by atoms with van der Waals surface area (Å²) in [5.41, 5.74) is 3.33. The van der Waals surface area contributed by atoms with Crippen LogP contribution in [0.25, 0.3) is 14.6 Å². The van der Waals surface area contributed by atoms with E-state index < -0.39 is 18.4 Å². The van der Waals surface area contributed by atoms with Crippen molar-refractivity contribution in [1.82, 2.24) is 15.4 Å². The zero-order valence-corrected chi connectivity index (χ0v) is 26.1. The Labute approximate surface area is 221 Å². The van der Waals surface area contributed by atoms with Crippen molar-refractivity contribution in [2.24, 2.45) is 0 Å². The van der Waals surface area contributed by atoms with Crippen LogP contribution in [0.2, 0.25) is 13.3 Å². The van der Waals surface area contributed by atoms with Gasteiger partial charge in [0.25, 0.3) is 0 Å². The standard InChI is InChI=1S/C17H18N3O3.3C4H9.Sn/c1-11-9-13(10-14-16(11)23-20-17(14)21-3)7-5-4-6-8-15-19-18-12(2)22-15;3*1-3-4-2;/h5,9-10H,4,6,8H2,1-3H3;3*1,3-4H2,2H3;. The summed E-state index contributed by atoms with van der Waals surface area (Å²) < 4.78 is 22.8. The van der Waals surface area contributed by atoms with Crippen LogP contribution in [0.4, 0.5) is 0 Å². The predicted octanol–water partition coefficient (Wildman–Crippen LogP) is 8.63. The molecule has 0 amide bonds. The molecule has 2 aromatic heterocycles. The van der Waals surface area contributed by atoms with Crippen LogP contribution in [-0.2, 0) is 6.42 Å². The molecule has 0 saturated carbocycles. The van der Waals surface area contributed by atoms with Gasteiger partial charge in [0, 0.05) is 0 Å². The van der Waals surface area contributed by atoms with Gasteiger partial charge in [-0.05, 0) is 0 Å². The van der Waals surface area contributed by atoms with Gasteiger partial charge in [0.1, 0.15) is 0 Å². The molecule has 7 heteroatoms. The van der Waals surface area contributed by atoms with Crippen molar-refractivity contribution >= 4 is 32.9 Å². The fourth-order valence-electron chi connectivity index (χ4n) is 5.40. The van der Waals surface area contributed by atoms with Crippen molar-refractivity contribution in [3.63, 3.8) is 0 Å². The maximum absolute atomic E-state index is 5.63. The van der Waals surface area contributed by atoms with E-state index >= 15 is 0 Å². The molecule has 36 heavy (non-hydrogen) atoms. The normalized spacial score (nSPS) is 12.6. The van der Waals surface area contributed by atoms with Gasteiger partial charge in [0.05, 0.1) is 0 Å². The van der Waals surface area contributed by atoms with E-state index in [-0.39, 0.29) is 0 Å². The molecule has 2 heterocycles. The van der Waals surface area contributed by atoms with Gasteiger partial charge >= 0.3 is 222 Å². The number of aryl methyl sites for hydroxylation is 3. The predicted molar refractivity (Wildman–Crippen MR) is 150 cm³/mol. The van der Waals surface area contributed by atoms with E-state index in [9.17, 15) is 0 Å². The summed E-state index contributed by atoms with van der Waals surface area (Å²) >= 11 is -2.73. The number of rotatable bonds is 16. The summed E-state index contributed by atoms with van der Waals surface area (Å²) in [6.07, 6.45) is 13.2. The van der Waals surface area contributed by atoms with E-state index in [1.807, 2.05) is 6.92 Å². The minimum atomic E-state index is -2.73. The first-order chi connectivity index (χ1) is 17.5. The first kappa shape index (κ1) is 28.7. The first-order valence-electron chi connectivity index (χ1n) is 13.9. The topological polar surface area (TPSA) is 74.2 Å².